The Kier molecular flexibility index (Phi) is 4.40. The highest BCUT2D eigenvalue weighted by molar-refractivity contribution is 4.94. The maximum atomic E-state index is 3.60. The molecule has 3 rings (SSSR count). The number of fused-ring (bicyclic) bond motifs is 1. The lowest BCUT2D eigenvalue weighted by molar-refractivity contribution is 0.0138. The minimum absolute atomic E-state index is 0.447. The van der Waals surface area contributed by atoms with Crippen LogP contribution in [0.3, 0.4) is 0 Å². The van der Waals surface area contributed by atoms with E-state index in [1.165, 1.54) is 65.0 Å². The Morgan fingerprint density at radius 1 is 1.15 bits per heavy atom. The quantitative estimate of drug-likeness (QED) is 0.854. The molecule has 0 aromatic rings. The van der Waals surface area contributed by atoms with Crippen LogP contribution in [0.1, 0.15) is 46.5 Å². The second-order valence-electron chi connectivity index (χ2n) is 8.10. The molecule has 0 radical (unpaired) electrons. The molecule has 3 fully saturated rings. The molecule has 20 heavy (non-hydrogen) atoms. The molecule has 3 heterocycles. The van der Waals surface area contributed by atoms with Crippen LogP contribution in [0.4, 0.5) is 0 Å². The standard InChI is InChI=1S/C17H33N3/c1-14-11-19-9-5-7-16(19)12-20(14)13-17(2,3)15-6-4-8-18-10-15/h14-16,18H,4-13H2,1-3H3. The first-order chi connectivity index (χ1) is 9.56. The van der Waals surface area contributed by atoms with Gasteiger partial charge >= 0.3 is 0 Å². The third kappa shape index (κ3) is 3.05. The average Bonchev–Trinajstić information content (AvgIpc) is 2.87. The molecule has 0 aliphatic carbocycles. The molecule has 3 nitrogen and oxygen atoms in total. The summed E-state index contributed by atoms with van der Waals surface area (Å²) in [4.78, 5) is 5.53. The maximum Gasteiger partial charge on any atom is 0.0224 e. The lowest BCUT2D eigenvalue weighted by Gasteiger charge is -2.47. The number of piperidine rings is 1. The van der Waals surface area contributed by atoms with Crippen LogP contribution in [0, 0.1) is 11.3 Å². The molecule has 0 aromatic heterocycles. The lowest BCUT2D eigenvalue weighted by Crippen LogP contribution is -2.57. The van der Waals surface area contributed by atoms with Crippen molar-refractivity contribution in [1.29, 1.82) is 0 Å². The minimum Gasteiger partial charge on any atom is -0.316 e. The van der Waals surface area contributed by atoms with Gasteiger partial charge in [-0.1, -0.05) is 13.8 Å². The number of nitrogens with one attached hydrogen (secondary N) is 1. The minimum atomic E-state index is 0.447. The van der Waals surface area contributed by atoms with Gasteiger partial charge in [-0.05, 0) is 63.6 Å². The summed E-state index contributed by atoms with van der Waals surface area (Å²) in [7, 11) is 0. The number of hydrogen-bond donors (Lipinski definition) is 1. The van der Waals surface area contributed by atoms with Crippen molar-refractivity contribution in [2.75, 3.05) is 39.3 Å². The fourth-order valence-electron chi connectivity index (χ4n) is 4.64. The predicted molar refractivity (Wildman–Crippen MR) is 85.0 cm³/mol. The maximum absolute atomic E-state index is 3.60. The Bertz CT molecular complexity index is 322. The fraction of sp³-hybridized carbons (Fsp3) is 1.00. The summed E-state index contributed by atoms with van der Waals surface area (Å²) in [5, 5.41) is 3.60. The third-order valence-corrected chi connectivity index (χ3v) is 6.08. The molecular formula is C17H33N3. The van der Waals surface area contributed by atoms with Crippen LogP contribution in [0.15, 0.2) is 0 Å². The number of piperazine rings is 1. The van der Waals surface area contributed by atoms with Gasteiger partial charge in [0, 0.05) is 31.7 Å². The van der Waals surface area contributed by atoms with Gasteiger partial charge in [0.05, 0.1) is 0 Å². The van der Waals surface area contributed by atoms with E-state index in [1.54, 1.807) is 0 Å². The molecule has 0 spiro atoms. The number of hydrogen-bond acceptors (Lipinski definition) is 3. The molecule has 3 saturated heterocycles. The summed E-state index contributed by atoms with van der Waals surface area (Å²) in [5.74, 6) is 0.852. The average molecular weight is 279 g/mol. The zero-order chi connectivity index (χ0) is 14.2. The van der Waals surface area contributed by atoms with E-state index < -0.39 is 0 Å². The third-order valence-electron chi connectivity index (χ3n) is 6.08. The van der Waals surface area contributed by atoms with Gasteiger partial charge in [0.2, 0.25) is 0 Å². The zero-order valence-corrected chi connectivity index (χ0v) is 13.7. The Morgan fingerprint density at radius 3 is 2.75 bits per heavy atom. The first-order valence-corrected chi connectivity index (χ1v) is 8.75. The largest absolute Gasteiger partial charge is 0.316 e. The highest BCUT2D eigenvalue weighted by Gasteiger charge is 2.38. The van der Waals surface area contributed by atoms with Crippen LogP contribution in [-0.2, 0) is 0 Å². The SMILES string of the molecule is CC1CN2CCCC2CN1CC(C)(C)C1CCCNC1. The Morgan fingerprint density at radius 2 is 2.00 bits per heavy atom. The van der Waals surface area contributed by atoms with Gasteiger partial charge in [-0.3, -0.25) is 9.80 Å². The summed E-state index contributed by atoms with van der Waals surface area (Å²) < 4.78 is 0. The van der Waals surface area contributed by atoms with Crippen LogP contribution < -0.4 is 5.32 Å². The molecule has 0 bridgehead atoms. The van der Waals surface area contributed by atoms with Crippen molar-refractivity contribution in [3.8, 4) is 0 Å². The Labute approximate surface area is 125 Å². The molecule has 3 aliphatic rings. The smallest absolute Gasteiger partial charge is 0.0224 e. The molecule has 0 saturated carbocycles. The van der Waals surface area contributed by atoms with E-state index in [1.807, 2.05) is 0 Å². The van der Waals surface area contributed by atoms with E-state index in [0.29, 0.717) is 5.41 Å². The predicted octanol–water partition coefficient (Wildman–Crippen LogP) is 2.18. The van der Waals surface area contributed by atoms with Crippen LogP contribution in [0.25, 0.3) is 0 Å². The Balaban J connectivity index is 1.60. The van der Waals surface area contributed by atoms with Crippen LogP contribution >= 0.6 is 0 Å². The van der Waals surface area contributed by atoms with Gasteiger partial charge in [0.15, 0.2) is 0 Å². The monoisotopic (exact) mass is 279 g/mol. The van der Waals surface area contributed by atoms with E-state index in [0.717, 1.165) is 18.0 Å². The van der Waals surface area contributed by atoms with E-state index in [4.69, 9.17) is 0 Å². The lowest BCUT2D eigenvalue weighted by atomic mass is 9.74. The van der Waals surface area contributed by atoms with Crippen molar-refractivity contribution >= 4 is 0 Å². The van der Waals surface area contributed by atoms with Crippen molar-refractivity contribution in [2.24, 2.45) is 11.3 Å². The van der Waals surface area contributed by atoms with Gasteiger partial charge in [-0.25, -0.2) is 0 Å². The Hall–Kier alpha value is -0.120. The molecule has 3 unspecified atom stereocenters. The first kappa shape index (κ1) is 14.8. The molecule has 0 aromatic carbocycles. The van der Waals surface area contributed by atoms with Gasteiger partial charge in [-0.15, -0.1) is 0 Å². The van der Waals surface area contributed by atoms with Gasteiger partial charge in [0.1, 0.15) is 0 Å². The highest BCUT2D eigenvalue weighted by atomic mass is 15.3. The normalized spacial score (nSPS) is 37.0. The van der Waals surface area contributed by atoms with E-state index in [-0.39, 0.29) is 0 Å². The molecule has 1 N–H and O–H groups in total. The van der Waals surface area contributed by atoms with Crippen molar-refractivity contribution in [3.63, 3.8) is 0 Å². The second kappa shape index (κ2) is 5.94. The molecule has 116 valence electrons. The topological polar surface area (TPSA) is 18.5 Å². The molecule has 3 atom stereocenters. The molecule has 0 amide bonds. The van der Waals surface area contributed by atoms with Crippen LogP contribution in [0.2, 0.25) is 0 Å². The molecular weight excluding hydrogens is 246 g/mol. The number of rotatable bonds is 3. The second-order valence-corrected chi connectivity index (χ2v) is 8.10. The summed E-state index contributed by atoms with van der Waals surface area (Å²) >= 11 is 0. The highest BCUT2D eigenvalue weighted by Crippen LogP contribution is 2.35. The number of nitrogens with zero attached hydrogens (tertiary/aromatic N) is 2. The van der Waals surface area contributed by atoms with E-state index in [2.05, 4.69) is 35.9 Å². The summed E-state index contributed by atoms with van der Waals surface area (Å²) in [6.07, 6.45) is 5.62. The van der Waals surface area contributed by atoms with Gasteiger partial charge in [-0.2, -0.15) is 0 Å². The summed E-state index contributed by atoms with van der Waals surface area (Å²) in [6.45, 7) is 15.1. The summed E-state index contributed by atoms with van der Waals surface area (Å²) in [5.41, 5.74) is 0.447. The van der Waals surface area contributed by atoms with E-state index in [9.17, 15) is 0 Å². The zero-order valence-electron chi connectivity index (χ0n) is 13.7. The van der Waals surface area contributed by atoms with Gasteiger partial charge < -0.3 is 5.32 Å². The summed E-state index contributed by atoms with van der Waals surface area (Å²) in [6, 6.07) is 1.59. The van der Waals surface area contributed by atoms with Crippen molar-refractivity contribution in [3.05, 3.63) is 0 Å². The molecule has 3 aliphatic heterocycles. The van der Waals surface area contributed by atoms with Crippen molar-refractivity contribution in [1.82, 2.24) is 15.1 Å². The van der Waals surface area contributed by atoms with E-state index >= 15 is 0 Å². The van der Waals surface area contributed by atoms with Gasteiger partial charge in [0.25, 0.3) is 0 Å². The van der Waals surface area contributed by atoms with Crippen LogP contribution in [0.5, 0.6) is 0 Å². The first-order valence-electron chi connectivity index (χ1n) is 8.75. The van der Waals surface area contributed by atoms with Crippen molar-refractivity contribution < 1.29 is 0 Å². The van der Waals surface area contributed by atoms with Crippen molar-refractivity contribution in [2.45, 2.75) is 58.5 Å². The fourth-order valence-corrected chi connectivity index (χ4v) is 4.64. The molecule has 3 heteroatoms. The van der Waals surface area contributed by atoms with Crippen LogP contribution in [-0.4, -0.2) is 61.2 Å².